The highest BCUT2D eigenvalue weighted by Gasteiger charge is 2.14. The van der Waals surface area contributed by atoms with E-state index in [1.54, 1.807) is 12.4 Å². The van der Waals surface area contributed by atoms with Crippen LogP contribution in [0.4, 0.5) is 11.4 Å². The van der Waals surface area contributed by atoms with Gasteiger partial charge in [-0.2, -0.15) is 0 Å². The Labute approximate surface area is 154 Å². The Morgan fingerprint density at radius 2 is 1.92 bits per heavy atom. The van der Waals surface area contributed by atoms with Crippen molar-refractivity contribution in [2.45, 2.75) is 51.5 Å². The SMILES string of the molecule is Cc1c(Cl)cccc1NC(=O)c1cncc(NC2CCCCCC2)c1. The molecule has 1 fully saturated rings. The number of carbonyl (C=O) groups is 1. The topological polar surface area (TPSA) is 54.0 Å². The fourth-order valence-corrected chi connectivity index (χ4v) is 3.41. The number of carbonyl (C=O) groups excluding carboxylic acids is 1. The monoisotopic (exact) mass is 357 g/mol. The summed E-state index contributed by atoms with van der Waals surface area (Å²) in [6.45, 7) is 1.89. The van der Waals surface area contributed by atoms with Crippen LogP contribution in [0.3, 0.4) is 0 Å². The lowest BCUT2D eigenvalue weighted by molar-refractivity contribution is 0.102. The van der Waals surface area contributed by atoms with Gasteiger partial charge in [0, 0.05) is 29.1 Å². The maximum atomic E-state index is 12.6. The summed E-state index contributed by atoms with van der Waals surface area (Å²) >= 11 is 6.12. The molecule has 0 atom stereocenters. The van der Waals surface area contributed by atoms with E-state index in [-0.39, 0.29) is 5.91 Å². The first-order chi connectivity index (χ1) is 12.1. The van der Waals surface area contributed by atoms with Crippen molar-refractivity contribution in [3.8, 4) is 0 Å². The predicted octanol–water partition coefficient (Wildman–Crippen LogP) is 5.43. The second-order valence-electron chi connectivity index (χ2n) is 6.66. The van der Waals surface area contributed by atoms with Gasteiger partial charge < -0.3 is 10.6 Å². The summed E-state index contributed by atoms with van der Waals surface area (Å²) in [6.07, 6.45) is 10.9. The van der Waals surface area contributed by atoms with Crippen LogP contribution in [-0.2, 0) is 0 Å². The van der Waals surface area contributed by atoms with Crippen molar-refractivity contribution in [1.29, 1.82) is 0 Å². The Hall–Kier alpha value is -2.07. The number of benzene rings is 1. The van der Waals surface area contributed by atoms with Gasteiger partial charge >= 0.3 is 0 Å². The lowest BCUT2D eigenvalue weighted by Crippen LogP contribution is -2.19. The van der Waals surface area contributed by atoms with Crippen LogP contribution in [0.25, 0.3) is 0 Å². The molecule has 1 heterocycles. The number of hydrogen-bond acceptors (Lipinski definition) is 3. The molecular formula is C20H24ClN3O. The van der Waals surface area contributed by atoms with Crippen LogP contribution >= 0.6 is 11.6 Å². The molecule has 3 rings (SSSR count). The molecule has 1 aromatic heterocycles. The molecule has 2 N–H and O–H groups in total. The number of nitrogens with zero attached hydrogens (tertiary/aromatic N) is 1. The molecule has 1 aliphatic rings. The highest BCUT2D eigenvalue weighted by atomic mass is 35.5. The van der Waals surface area contributed by atoms with Crippen molar-refractivity contribution in [1.82, 2.24) is 4.98 Å². The van der Waals surface area contributed by atoms with Crippen LogP contribution in [0.2, 0.25) is 5.02 Å². The minimum absolute atomic E-state index is 0.178. The number of halogens is 1. The van der Waals surface area contributed by atoms with E-state index in [1.807, 2.05) is 31.2 Å². The van der Waals surface area contributed by atoms with Gasteiger partial charge in [-0.05, 0) is 43.5 Å². The molecule has 0 saturated heterocycles. The second-order valence-corrected chi connectivity index (χ2v) is 7.07. The van der Waals surface area contributed by atoms with Gasteiger partial charge in [0.1, 0.15) is 0 Å². The van der Waals surface area contributed by atoms with E-state index in [2.05, 4.69) is 15.6 Å². The molecule has 0 bridgehead atoms. The van der Waals surface area contributed by atoms with Crippen LogP contribution in [-0.4, -0.2) is 16.9 Å². The van der Waals surface area contributed by atoms with Gasteiger partial charge in [0.25, 0.3) is 5.91 Å². The molecule has 1 aliphatic carbocycles. The van der Waals surface area contributed by atoms with Crippen LogP contribution in [0.15, 0.2) is 36.7 Å². The summed E-state index contributed by atoms with van der Waals surface area (Å²) in [5, 5.41) is 7.09. The Morgan fingerprint density at radius 3 is 2.68 bits per heavy atom. The predicted molar refractivity (Wildman–Crippen MR) is 103 cm³/mol. The number of aromatic nitrogens is 1. The number of rotatable bonds is 4. The first-order valence-corrected chi connectivity index (χ1v) is 9.29. The van der Waals surface area contributed by atoms with E-state index >= 15 is 0 Å². The largest absolute Gasteiger partial charge is 0.381 e. The van der Waals surface area contributed by atoms with Crippen LogP contribution in [0.5, 0.6) is 0 Å². The molecule has 4 nitrogen and oxygen atoms in total. The summed E-state index contributed by atoms with van der Waals surface area (Å²) in [7, 11) is 0. The molecular weight excluding hydrogens is 334 g/mol. The van der Waals surface area contributed by atoms with Crippen molar-refractivity contribution in [3.63, 3.8) is 0 Å². The van der Waals surface area contributed by atoms with Gasteiger partial charge in [-0.3, -0.25) is 9.78 Å². The number of nitrogens with one attached hydrogen (secondary N) is 2. The van der Waals surface area contributed by atoms with Gasteiger partial charge in [0.05, 0.1) is 11.3 Å². The fourth-order valence-electron chi connectivity index (χ4n) is 3.24. The highest BCUT2D eigenvalue weighted by molar-refractivity contribution is 6.31. The first-order valence-electron chi connectivity index (χ1n) is 8.91. The van der Waals surface area contributed by atoms with E-state index in [0.717, 1.165) is 16.9 Å². The smallest absolute Gasteiger partial charge is 0.257 e. The Morgan fingerprint density at radius 1 is 1.16 bits per heavy atom. The van der Waals surface area contributed by atoms with E-state index in [1.165, 1.54) is 38.5 Å². The van der Waals surface area contributed by atoms with Crippen molar-refractivity contribution in [3.05, 3.63) is 52.8 Å². The molecule has 0 radical (unpaired) electrons. The summed E-state index contributed by atoms with van der Waals surface area (Å²) in [6, 6.07) is 7.82. The molecule has 1 amide bonds. The Balaban J connectivity index is 1.69. The van der Waals surface area contributed by atoms with Gasteiger partial charge in [-0.25, -0.2) is 0 Å². The third kappa shape index (κ3) is 4.73. The zero-order valence-electron chi connectivity index (χ0n) is 14.5. The van der Waals surface area contributed by atoms with E-state index < -0.39 is 0 Å². The van der Waals surface area contributed by atoms with Crippen molar-refractivity contribution in [2.24, 2.45) is 0 Å². The third-order valence-electron chi connectivity index (χ3n) is 4.74. The lowest BCUT2D eigenvalue weighted by atomic mass is 10.1. The minimum Gasteiger partial charge on any atom is -0.381 e. The standard InChI is InChI=1S/C20H24ClN3O/c1-14-18(21)9-6-10-19(14)24-20(25)15-11-17(13-22-12-15)23-16-7-4-2-3-5-8-16/h6,9-13,16,23H,2-5,7-8H2,1H3,(H,24,25). The molecule has 0 unspecified atom stereocenters. The van der Waals surface area contributed by atoms with Gasteiger partial charge in [0.2, 0.25) is 0 Å². The van der Waals surface area contributed by atoms with E-state index in [4.69, 9.17) is 11.6 Å². The number of pyridine rings is 1. The normalized spacial score (nSPS) is 15.4. The molecule has 1 aromatic carbocycles. The fraction of sp³-hybridized carbons (Fsp3) is 0.400. The second kappa shape index (κ2) is 8.34. The summed E-state index contributed by atoms with van der Waals surface area (Å²) < 4.78 is 0. The molecule has 0 spiro atoms. The Kier molecular flexibility index (Phi) is 5.92. The van der Waals surface area contributed by atoms with Crippen LogP contribution in [0, 0.1) is 6.92 Å². The molecule has 2 aromatic rings. The molecule has 5 heteroatoms. The van der Waals surface area contributed by atoms with E-state index in [0.29, 0.717) is 16.6 Å². The number of hydrogen-bond donors (Lipinski definition) is 2. The van der Waals surface area contributed by atoms with Crippen molar-refractivity contribution >= 4 is 28.9 Å². The van der Waals surface area contributed by atoms with Gasteiger partial charge in [-0.1, -0.05) is 43.4 Å². The number of anilines is 2. The first kappa shape index (κ1) is 17.7. The van der Waals surface area contributed by atoms with Gasteiger partial charge in [0.15, 0.2) is 0 Å². The van der Waals surface area contributed by atoms with Gasteiger partial charge in [-0.15, -0.1) is 0 Å². The molecule has 132 valence electrons. The molecule has 0 aliphatic heterocycles. The summed E-state index contributed by atoms with van der Waals surface area (Å²) in [5.41, 5.74) is 3.03. The summed E-state index contributed by atoms with van der Waals surface area (Å²) in [5.74, 6) is -0.178. The summed E-state index contributed by atoms with van der Waals surface area (Å²) in [4.78, 5) is 16.8. The maximum absolute atomic E-state index is 12.6. The molecule has 1 saturated carbocycles. The zero-order valence-corrected chi connectivity index (χ0v) is 15.3. The van der Waals surface area contributed by atoms with E-state index in [9.17, 15) is 4.79 Å². The maximum Gasteiger partial charge on any atom is 0.257 e. The number of amides is 1. The average molecular weight is 358 g/mol. The zero-order chi connectivity index (χ0) is 17.6. The van der Waals surface area contributed by atoms with Crippen LogP contribution in [0.1, 0.15) is 54.4 Å². The lowest BCUT2D eigenvalue weighted by Gasteiger charge is -2.18. The average Bonchev–Trinajstić information content (AvgIpc) is 2.88. The third-order valence-corrected chi connectivity index (χ3v) is 5.15. The molecule has 25 heavy (non-hydrogen) atoms. The highest BCUT2D eigenvalue weighted by Crippen LogP contribution is 2.24. The van der Waals surface area contributed by atoms with Crippen LogP contribution < -0.4 is 10.6 Å². The quantitative estimate of drug-likeness (QED) is 0.717. The van der Waals surface area contributed by atoms with Crippen molar-refractivity contribution in [2.75, 3.05) is 10.6 Å². The Bertz CT molecular complexity index is 739. The minimum atomic E-state index is -0.178. The van der Waals surface area contributed by atoms with Crippen molar-refractivity contribution < 1.29 is 4.79 Å².